The zero-order valence-corrected chi connectivity index (χ0v) is 13.6. The highest BCUT2D eigenvalue weighted by atomic mass is 32.1. The first kappa shape index (κ1) is 14.8. The summed E-state index contributed by atoms with van der Waals surface area (Å²) >= 11 is 1.67. The van der Waals surface area contributed by atoms with Crippen LogP contribution in [-0.2, 0) is 6.54 Å². The number of piperidine rings is 1. The maximum absolute atomic E-state index is 5.81. The molecule has 3 heterocycles. The van der Waals surface area contributed by atoms with Crippen molar-refractivity contribution in [1.82, 2.24) is 15.2 Å². The monoisotopic (exact) mass is 305 g/mol. The van der Waals surface area contributed by atoms with Crippen molar-refractivity contribution < 1.29 is 4.42 Å². The second-order valence-electron chi connectivity index (χ2n) is 5.89. The molecule has 114 valence electrons. The summed E-state index contributed by atoms with van der Waals surface area (Å²) in [4.78, 5) is 8.15. The third-order valence-corrected chi connectivity index (χ3v) is 4.93. The average Bonchev–Trinajstić information content (AvgIpc) is 3.10. The van der Waals surface area contributed by atoms with E-state index >= 15 is 0 Å². The molecule has 1 aliphatic rings. The van der Waals surface area contributed by atoms with Gasteiger partial charge < -0.3 is 14.6 Å². The molecule has 0 spiro atoms. The predicted molar refractivity (Wildman–Crippen MR) is 86.5 cm³/mol. The number of thiophene rings is 1. The second-order valence-corrected chi connectivity index (χ2v) is 6.84. The molecule has 0 radical (unpaired) electrons. The van der Waals surface area contributed by atoms with Crippen LogP contribution in [-0.4, -0.2) is 36.6 Å². The smallest absolute Gasteiger partial charge is 0.236 e. The van der Waals surface area contributed by atoms with Crippen molar-refractivity contribution >= 4 is 11.3 Å². The Kier molecular flexibility index (Phi) is 4.73. The lowest BCUT2D eigenvalue weighted by atomic mass is 9.98. The Balaban J connectivity index is 1.61. The summed E-state index contributed by atoms with van der Waals surface area (Å²) in [5, 5.41) is 5.47. The Morgan fingerprint density at radius 2 is 2.24 bits per heavy atom. The second kappa shape index (κ2) is 6.73. The van der Waals surface area contributed by atoms with Crippen molar-refractivity contribution in [3.05, 3.63) is 29.0 Å². The van der Waals surface area contributed by atoms with Crippen LogP contribution in [0.1, 0.15) is 24.3 Å². The van der Waals surface area contributed by atoms with Crippen molar-refractivity contribution in [1.29, 1.82) is 0 Å². The molecule has 0 saturated carbocycles. The molecule has 2 aromatic heterocycles. The van der Waals surface area contributed by atoms with Gasteiger partial charge in [-0.2, -0.15) is 0 Å². The van der Waals surface area contributed by atoms with Crippen LogP contribution >= 0.6 is 11.3 Å². The van der Waals surface area contributed by atoms with Crippen LogP contribution in [0, 0.1) is 12.8 Å². The molecule has 0 bridgehead atoms. The molecule has 0 aliphatic carbocycles. The fourth-order valence-corrected chi connectivity index (χ4v) is 3.55. The topological polar surface area (TPSA) is 41.3 Å². The van der Waals surface area contributed by atoms with E-state index in [0.29, 0.717) is 0 Å². The van der Waals surface area contributed by atoms with Crippen molar-refractivity contribution in [3.8, 4) is 10.8 Å². The average molecular weight is 305 g/mol. The van der Waals surface area contributed by atoms with Crippen LogP contribution in [0.3, 0.4) is 0 Å². The molecule has 0 aromatic carbocycles. The van der Waals surface area contributed by atoms with E-state index in [1.54, 1.807) is 11.3 Å². The van der Waals surface area contributed by atoms with Gasteiger partial charge in [0.15, 0.2) is 0 Å². The normalized spacial score (nSPS) is 16.7. The predicted octanol–water partition coefficient (Wildman–Crippen LogP) is 3.14. The molecule has 4 nitrogen and oxygen atoms in total. The van der Waals surface area contributed by atoms with Gasteiger partial charge in [0.2, 0.25) is 5.89 Å². The van der Waals surface area contributed by atoms with Crippen LogP contribution in [0.5, 0.6) is 0 Å². The standard InChI is InChI=1S/C16H23N3OS/c1-12-14(18-16(20-12)15-4-3-9-21-15)11-19(2)10-13-5-7-17-8-6-13/h3-4,9,13,17H,5-8,10-11H2,1-2H3. The largest absolute Gasteiger partial charge is 0.440 e. The Morgan fingerprint density at radius 3 is 2.95 bits per heavy atom. The zero-order valence-electron chi connectivity index (χ0n) is 12.8. The minimum absolute atomic E-state index is 0.757. The number of hydrogen-bond acceptors (Lipinski definition) is 5. The van der Waals surface area contributed by atoms with E-state index in [4.69, 9.17) is 4.42 Å². The van der Waals surface area contributed by atoms with E-state index in [9.17, 15) is 0 Å². The summed E-state index contributed by atoms with van der Waals surface area (Å²) in [6.45, 7) is 6.33. The highest BCUT2D eigenvalue weighted by Gasteiger charge is 2.18. The van der Waals surface area contributed by atoms with Crippen LogP contribution in [0.2, 0.25) is 0 Å². The molecule has 1 N–H and O–H groups in total. The fraction of sp³-hybridized carbons (Fsp3) is 0.562. The molecule has 21 heavy (non-hydrogen) atoms. The Morgan fingerprint density at radius 1 is 1.43 bits per heavy atom. The summed E-state index contributed by atoms with van der Waals surface area (Å²) in [6.07, 6.45) is 2.56. The lowest BCUT2D eigenvalue weighted by molar-refractivity contribution is 0.232. The molecular weight excluding hydrogens is 282 g/mol. The first-order valence-electron chi connectivity index (χ1n) is 7.62. The summed E-state index contributed by atoms with van der Waals surface area (Å²) < 4.78 is 5.81. The van der Waals surface area contributed by atoms with Gasteiger partial charge in [-0.15, -0.1) is 11.3 Å². The number of aromatic nitrogens is 1. The maximum Gasteiger partial charge on any atom is 0.236 e. The van der Waals surface area contributed by atoms with Gasteiger partial charge >= 0.3 is 0 Å². The van der Waals surface area contributed by atoms with Gasteiger partial charge in [-0.25, -0.2) is 4.98 Å². The Hall–Kier alpha value is -1.17. The molecule has 0 unspecified atom stereocenters. The number of rotatable bonds is 5. The van der Waals surface area contributed by atoms with Crippen molar-refractivity contribution in [3.63, 3.8) is 0 Å². The third kappa shape index (κ3) is 3.73. The summed E-state index contributed by atoms with van der Waals surface area (Å²) in [5.41, 5.74) is 1.06. The molecule has 5 heteroatoms. The molecule has 1 fully saturated rings. The Bertz CT molecular complexity index is 558. The first-order chi connectivity index (χ1) is 10.2. The molecular formula is C16H23N3OS. The molecule has 0 amide bonds. The van der Waals surface area contributed by atoms with Gasteiger partial charge in [0.1, 0.15) is 5.76 Å². The Labute approximate surface area is 130 Å². The van der Waals surface area contributed by atoms with E-state index in [1.165, 1.54) is 12.8 Å². The number of nitrogens with one attached hydrogen (secondary N) is 1. The van der Waals surface area contributed by atoms with Gasteiger partial charge in [-0.3, -0.25) is 0 Å². The van der Waals surface area contributed by atoms with E-state index in [1.807, 2.05) is 13.0 Å². The summed E-state index contributed by atoms with van der Waals surface area (Å²) in [6, 6.07) is 4.08. The number of hydrogen-bond donors (Lipinski definition) is 1. The minimum Gasteiger partial charge on any atom is -0.440 e. The van der Waals surface area contributed by atoms with Gasteiger partial charge in [-0.05, 0) is 57.3 Å². The van der Waals surface area contributed by atoms with E-state index in [0.717, 1.165) is 54.3 Å². The minimum atomic E-state index is 0.757. The number of oxazole rings is 1. The SMILES string of the molecule is Cc1oc(-c2cccs2)nc1CN(C)CC1CCNCC1. The lowest BCUT2D eigenvalue weighted by Crippen LogP contribution is -2.34. The van der Waals surface area contributed by atoms with Crippen LogP contribution in [0.15, 0.2) is 21.9 Å². The number of aryl methyl sites for hydroxylation is 1. The quantitative estimate of drug-likeness (QED) is 0.921. The van der Waals surface area contributed by atoms with Gasteiger partial charge in [0, 0.05) is 13.1 Å². The molecule has 2 aromatic rings. The van der Waals surface area contributed by atoms with Gasteiger partial charge in [0.25, 0.3) is 0 Å². The first-order valence-corrected chi connectivity index (χ1v) is 8.50. The highest BCUT2D eigenvalue weighted by molar-refractivity contribution is 7.13. The third-order valence-electron chi connectivity index (χ3n) is 4.07. The summed E-state index contributed by atoms with van der Waals surface area (Å²) in [7, 11) is 2.18. The molecule has 1 aliphatic heterocycles. The van der Waals surface area contributed by atoms with Gasteiger partial charge in [0.05, 0.1) is 10.6 Å². The molecule has 3 rings (SSSR count). The fourth-order valence-electron chi connectivity index (χ4n) is 2.91. The van der Waals surface area contributed by atoms with Gasteiger partial charge in [-0.1, -0.05) is 6.07 Å². The summed E-state index contributed by atoms with van der Waals surface area (Å²) in [5.74, 6) is 2.50. The highest BCUT2D eigenvalue weighted by Crippen LogP contribution is 2.26. The molecule has 1 saturated heterocycles. The van der Waals surface area contributed by atoms with Crippen molar-refractivity contribution in [2.75, 3.05) is 26.7 Å². The zero-order chi connectivity index (χ0) is 14.7. The van der Waals surface area contributed by atoms with Crippen LogP contribution in [0.25, 0.3) is 10.8 Å². The van der Waals surface area contributed by atoms with Crippen LogP contribution in [0.4, 0.5) is 0 Å². The van der Waals surface area contributed by atoms with Crippen LogP contribution < -0.4 is 5.32 Å². The van der Waals surface area contributed by atoms with E-state index < -0.39 is 0 Å². The van der Waals surface area contributed by atoms with Crippen molar-refractivity contribution in [2.24, 2.45) is 5.92 Å². The molecule has 0 atom stereocenters. The lowest BCUT2D eigenvalue weighted by Gasteiger charge is -2.27. The van der Waals surface area contributed by atoms with Crippen molar-refractivity contribution in [2.45, 2.75) is 26.3 Å². The number of nitrogens with zero attached hydrogens (tertiary/aromatic N) is 2. The maximum atomic E-state index is 5.81. The van der Waals surface area contributed by atoms with E-state index in [2.05, 4.69) is 33.7 Å². The van der Waals surface area contributed by atoms with E-state index in [-0.39, 0.29) is 0 Å².